The number of fused-ring (bicyclic) bond motifs is 1. The summed E-state index contributed by atoms with van der Waals surface area (Å²) in [5.74, 6) is 2.84. The maximum absolute atomic E-state index is 12.0. The summed E-state index contributed by atoms with van der Waals surface area (Å²) in [5, 5.41) is 12.0. The smallest absolute Gasteiger partial charge is 0.310 e. The molecule has 1 N–H and O–H groups in total. The predicted molar refractivity (Wildman–Crippen MR) is 114 cm³/mol. The van der Waals surface area contributed by atoms with Gasteiger partial charge in [-0.2, -0.15) is 0 Å². The summed E-state index contributed by atoms with van der Waals surface area (Å²) < 4.78 is 7.16. The molecule has 0 aliphatic carbocycles. The molecule has 2 aliphatic heterocycles. The van der Waals surface area contributed by atoms with Crippen molar-refractivity contribution < 1.29 is 9.53 Å². The van der Waals surface area contributed by atoms with Crippen molar-refractivity contribution in [2.45, 2.75) is 52.6 Å². The van der Waals surface area contributed by atoms with Crippen molar-refractivity contribution in [3.05, 3.63) is 11.6 Å². The van der Waals surface area contributed by atoms with Crippen molar-refractivity contribution in [3.8, 4) is 0 Å². The third-order valence-electron chi connectivity index (χ3n) is 5.31. The van der Waals surface area contributed by atoms with Crippen LogP contribution in [0.2, 0.25) is 0 Å². The minimum Gasteiger partial charge on any atom is -0.469 e. The van der Waals surface area contributed by atoms with Crippen LogP contribution in [0.5, 0.6) is 0 Å². The highest BCUT2D eigenvalue weighted by atomic mass is 127. The van der Waals surface area contributed by atoms with E-state index in [0.29, 0.717) is 13.1 Å². The zero-order valence-corrected chi connectivity index (χ0v) is 18.8. The molecule has 2 atom stereocenters. The van der Waals surface area contributed by atoms with Crippen molar-refractivity contribution in [2.75, 3.05) is 26.7 Å². The Balaban J connectivity index is 0.00000261. The van der Waals surface area contributed by atoms with Crippen LogP contribution in [0.3, 0.4) is 0 Å². The number of methoxy groups -OCH3 is 1. The van der Waals surface area contributed by atoms with Gasteiger partial charge in [0.05, 0.1) is 13.0 Å². The van der Waals surface area contributed by atoms with Crippen molar-refractivity contribution in [3.63, 3.8) is 0 Å². The lowest BCUT2D eigenvalue weighted by Crippen LogP contribution is -2.40. The third kappa shape index (κ3) is 5.11. The van der Waals surface area contributed by atoms with Crippen LogP contribution in [0.4, 0.5) is 0 Å². The van der Waals surface area contributed by atoms with Gasteiger partial charge in [-0.25, -0.2) is 4.99 Å². The topological polar surface area (TPSA) is 84.6 Å². The number of halogens is 1. The number of aryl methyl sites for hydroxylation is 1. The number of carbonyl (C=O) groups is 1. The number of carbonyl (C=O) groups excluding carboxylic acids is 1. The summed E-state index contributed by atoms with van der Waals surface area (Å²) in [4.78, 5) is 18.9. The zero-order valence-electron chi connectivity index (χ0n) is 16.5. The van der Waals surface area contributed by atoms with Gasteiger partial charge < -0.3 is 19.5 Å². The van der Waals surface area contributed by atoms with Crippen LogP contribution in [-0.4, -0.2) is 58.3 Å². The van der Waals surface area contributed by atoms with Crippen LogP contribution in [0.15, 0.2) is 4.99 Å². The Morgan fingerprint density at radius 3 is 2.85 bits per heavy atom. The molecule has 2 aliphatic rings. The molecule has 27 heavy (non-hydrogen) atoms. The Kier molecular flexibility index (Phi) is 8.30. The molecule has 0 saturated carbocycles. The lowest BCUT2D eigenvalue weighted by atomic mass is 9.99. The van der Waals surface area contributed by atoms with Crippen LogP contribution in [0.1, 0.15) is 44.8 Å². The van der Waals surface area contributed by atoms with Gasteiger partial charge in [-0.15, -0.1) is 34.2 Å². The molecule has 3 heterocycles. The number of guanidine groups is 1. The largest absolute Gasteiger partial charge is 0.469 e. The summed E-state index contributed by atoms with van der Waals surface area (Å²) in [7, 11) is 1.45. The Morgan fingerprint density at radius 2 is 2.11 bits per heavy atom. The molecule has 1 aromatic heterocycles. The quantitative estimate of drug-likeness (QED) is 0.300. The minimum atomic E-state index is -0.140. The molecule has 152 valence electrons. The average Bonchev–Trinajstić information content (AvgIpc) is 3.13. The Morgan fingerprint density at radius 1 is 1.30 bits per heavy atom. The molecule has 3 rings (SSSR count). The molecule has 9 heteroatoms. The van der Waals surface area contributed by atoms with Gasteiger partial charge in [0.15, 0.2) is 11.8 Å². The number of esters is 1. The Bertz CT molecular complexity index is 662. The van der Waals surface area contributed by atoms with Gasteiger partial charge in [0.1, 0.15) is 12.4 Å². The number of hydrogen-bond acceptors (Lipinski definition) is 5. The average molecular weight is 490 g/mol. The lowest BCUT2D eigenvalue weighted by Gasteiger charge is -2.21. The van der Waals surface area contributed by atoms with Gasteiger partial charge in [0.25, 0.3) is 0 Å². The van der Waals surface area contributed by atoms with Crippen molar-refractivity contribution >= 4 is 35.9 Å². The summed E-state index contributed by atoms with van der Waals surface area (Å²) in [5.41, 5.74) is 0. The minimum absolute atomic E-state index is 0. The molecule has 1 fully saturated rings. The van der Waals surface area contributed by atoms with E-state index in [2.05, 4.69) is 38.8 Å². The van der Waals surface area contributed by atoms with Crippen molar-refractivity contribution in [1.82, 2.24) is 25.0 Å². The van der Waals surface area contributed by atoms with Gasteiger partial charge in [-0.1, -0.05) is 13.3 Å². The molecule has 0 spiro atoms. The van der Waals surface area contributed by atoms with Gasteiger partial charge in [-0.3, -0.25) is 4.79 Å². The summed E-state index contributed by atoms with van der Waals surface area (Å²) in [6.45, 7) is 7.84. The van der Waals surface area contributed by atoms with E-state index in [-0.39, 0.29) is 41.8 Å². The third-order valence-corrected chi connectivity index (χ3v) is 5.31. The second kappa shape index (κ2) is 10.2. The fraction of sp³-hybridized carbons (Fsp3) is 0.778. The number of nitrogens with zero attached hydrogens (tertiary/aromatic N) is 5. The molecular weight excluding hydrogens is 459 g/mol. The molecule has 0 radical (unpaired) electrons. The maximum Gasteiger partial charge on any atom is 0.310 e. The molecular formula is C18H31IN6O2. The standard InChI is InChI=1S/C18H30N6O2.HI/c1-4-19-18(23-11-13(2)14(12-23)17(25)26-3)20-10-16-22-21-15-8-6-5-7-9-24(15)16;/h13-14H,4-12H2,1-3H3,(H,19,20);1H. The fourth-order valence-electron chi connectivity index (χ4n) is 3.83. The molecule has 2 unspecified atom stereocenters. The summed E-state index contributed by atoms with van der Waals surface area (Å²) in [6, 6.07) is 0. The highest BCUT2D eigenvalue weighted by Crippen LogP contribution is 2.24. The van der Waals surface area contributed by atoms with Gasteiger partial charge in [0, 0.05) is 32.6 Å². The number of likely N-dealkylation sites (tertiary alicyclic amines) is 1. The van der Waals surface area contributed by atoms with Crippen molar-refractivity contribution in [2.24, 2.45) is 16.8 Å². The zero-order chi connectivity index (χ0) is 18.5. The van der Waals surface area contributed by atoms with E-state index in [1.807, 2.05) is 0 Å². The van der Waals surface area contributed by atoms with Crippen LogP contribution in [0.25, 0.3) is 0 Å². The highest BCUT2D eigenvalue weighted by Gasteiger charge is 2.36. The first kappa shape index (κ1) is 21.9. The Hall–Kier alpha value is -1.39. The van der Waals surface area contributed by atoms with E-state index in [0.717, 1.165) is 43.7 Å². The Labute approximate surface area is 178 Å². The van der Waals surface area contributed by atoms with E-state index in [1.165, 1.54) is 26.4 Å². The van der Waals surface area contributed by atoms with E-state index in [4.69, 9.17) is 9.73 Å². The first-order chi connectivity index (χ1) is 12.6. The molecule has 0 amide bonds. The second-order valence-corrected chi connectivity index (χ2v) is 7.18. The number of nitrogens with one attached hydrogen (secondary N) is 1. The number of aromatic nitrogens is 3. The van der Waals surface area contributed by atoms with Crippen LogP contribution in [0, 0.1) is 11.8 Å². The van der Waals surface area contributed by atoms with E-state index in [1.54, 1.807) is 0 Å². The van der Waals surface area contributed by atoms with Gasteiger partial charge in [0.2, 0.25) is 0 Å². The van der Waals surface area contributed by atoms with Crippen LogP contribution in [-0.2, 0) is 29.0 Å². The number of aliphatic imine (C=N–C) groups is 1. The number of rotatable bonds is 4. The van der Waals surface area contributed by atoms with Crippen molar-refractivity contribution in [1.29, 1.82) is 0 Å². The first-order valence-corrected chi connectivity index (χ1v) is 9.66. The number of ether oxygens (including phenoxy) is 1. The van der Waals surface area contributed by atoms with Crippen LogP contribution < -0.4 is 5.32 Å². The summed E-state index contributed by atoms with van der Waals surface area (Å²) in [6.07, 6.45) is 4.60. The molecule has 0 aromatic carbocycles. The highest BCUT2D eigenvalue weighted by molar-refractivity contribution is 14.0. The van der Waals surface area contributed by atoms with Crippen LogP contribution >= 0.6 is 24.0 Å². The van der Waals surface area contributed by atoms with E-state index >= 15 is 0 Å². The molecule has 1 aromatic rings. The summed E-state index contributed by atoms with van der Waals surface area (Å²) >= 11 is 0. The van der Waals surface area contributed by atoms with Gasteiger partial charge in [-0.05, 0) is 25.7 Å². The SMILES string of the molecule is CCNC(=NCc1nnc2n1CCCCC2)N1CC(C)C(C(=O)OC)C1.I. The predicted octanol–water partition coefficient (Wildman–Crippen LogP) is 1.83. The van der Waals surface area contributed by atoms with E-state index in [9.17, 15) is 4.79 Å². The molecule has 1 saturated heterocycles. The monoisotopic (exact) mass is 490 g/mol. The maximum atomic E-state index is 12.0. The van der Waals surface area contributed by atoms with E-state index < -0.39 is 0 Å². The normalized spacial score (nSPS) is 22.6. The first-order valence-electron chi connectivity index (χ1n) is 9.66. The molecule has 8 nitrogen and oxygen atoms in total. The van der Waals surface area contributed by atoms with Gasteiger partial charge >= 0.3 is 5.97 Å². The second-order valence-electron chi connectivity index (χ2n) is 7.18. The molecule has 0 bridgehead atoms. The fourth-order valence-corrected chi connectivity index (χ4v) is 3.83. The lowest BCUT2D eigenvalue weighted by molar-refractivity contribution is -0.145. The number of hydrogen-bond donors (Lipinski definition) is 1.